The number of rotatable bonds is 1. The van der Waals surface area contributed by atoms with E-state index in [1.54, 1.807) is 4.68 Å². The largest absolute Gasteiger partial charge is 0.275 e. The lowest BCUT2D eigenvalue weighted by molar-refractivity contribution is -0.119. The second-order valence-electron chi connectivity index (χ2n) is 3.07. The van der Waals surface area contributed by atoms with Crippen molar-refractivity contribution in [2.45, 2.75) is 13.3 Å². The van der Waals surface area contributed by atoms with Gasteiger partial charge in [-0.05, 0) is 6.92 Å². The predicted octanol–water partition coefficient (Wildman–Crippen LogP) is -0.0475. The second kappa shape index (κ2) is 2.69. The van der Waals surface area contributed by atoms with Crippen molar-refractivity contribution >= 4 is 11.6 Å². The lowest BCUT2D eigenvalue weighted by Gasteiger charge is -1.92. The van der Waals surface area contributed by atoms with Crippen LogP contribution in [0.25, 0.3) is 0 Å². The van der Waals surface area contributed by atoms with Gasteiger partial charge < -0.3 is 0 Å². The summed E-state index contributed by atoms with van der Waals surface area (Å²) in [6, 6.07) is 0. The number of carbonyl (C=O) groups is 1. The van der Waals surface area contributed by atoms with Gasteiger partial charge in [-0.25, -0.2) is 5.43 Å². The van der Waals surface area contributed by atoms with E-state index in [4.69, 9.17) is 0 Å². The molecular formula is C8H10N4O. The molecule has 1 N–H and O–H groups in total. The van der Waals surface area contributed by atoms with Crippen LogP contribution >= 0.6 is 0 Å². The van der Waals surface area contributed by atoms with Gasteiger partial charge in [-0.3, -0.25) is 9.48 Å². The van der Waals surface area contributed by atoms with Crippen LogP contribution in [0.15, 0.2) is 11.3 Å². The topological polar surface area (TPSA) is 59.3 Å². The van der Waals surface area contributed by atoms with Gasteiger partial charge in [-0.1, -0.05) is 0 Å². The van der Waals surface area contributed by atoms with Crippen molar-refractivity contribution < 1.29 is 4.79 Å². The molecule has 0 aromatic carbocycles. The molecule has 0 radical (unpaired) electrons. The number of aromatic nitrogens is 2. The van der Waals surface area contributed by atoms with Crippen LogP contribution in [0.5, 0.6) is 0 Å². The fourth-order valence-electron chi connectivity index (χ4n) is 1.40. The van der Waals surface area contributed by atoms with E-state index in [-0.39, 0.29) is 5.91 Å². The molecule has 0 fully saturated rings. The molecule has 13 heavy (non-hydrogen) atoms. The van der Waals surface area contributed by atoms with Crippen molar-refractivity contribution in [3.05, 3.63) is 17.5 Å². The highest BCUT2D eigenvalue weighted by molar-refractivity contribution is 6.14. The molecule has 0 saturated heterocycles. The summed E-state index contributed by atoms with van der Waals surface area (Å²) in [5, 5.41) is 8.10. The highest BCUT2D eigenvalue weighted by Crippen LogP contribution is 2.11. The smallest absolute Gasteiger partial charge is 0.246 e. The number of aryl methyl sites for hydroxylation is 2. The van der Waals surface area contributed by atoms with Crippen molar-refractivity contribution in [3.63, 3.8) is 0 Å². The number of carbonyl (C=O) groups excluding carboxylic acids is 1. The van der Waals surface area contributed by atoms with E-state index in [0.717, 1.165) is 17.0 Å². The van der Waals surface area contributed by atoms with E-state index in [1.165, 1.54) is 0 Å². The molecule has 1 aromatic heterocycles. The molecule has 2 rings (SSSR count). The number of hydrogen-bond acceptors (Lipinski definition) is 3. The number of amides is 1. The maximum Gasteiger partial charge on any atom is 0.246 e. The van der Waals surface area contributed by atoms with Crippen molar-refractivity contribution in [1.82, 2.24) is 15.2 Å². The Hall–Kier alpha value is -1.65. The maximum atomic E-state index is 10.9. The van der Waals surface area contributed by atoms with Gasteiger partial charge in [-0.2, -0.15) is 10.2 Å². The SMILES string of the molecule is Cc1nn(C)cc1C1=NNC(=O)C1. The van der Waals surface area contributed by atoms with Gasteiger partial charge in [0.2, 0.25) is 5.91 Å². The van der Waals surface area contributed by atoms with Gasteiger partial charge in [0.15, 0.2) is 0 Å². The molecular weight excluding hydrogens is 168 g/mol. The third-order valence-electron chi connectivity index (χ3n) is 1.97. The highest BCUT2D eigenvalue weighted by Gasteiger charge is 2.19. The minimum Gasteiger partial charge on any atom is -0.275 e. The minimum atomic E-state index is -0.0572. The second-order valence-corrected chi connectivity index (χ2v) is 3.07. The molecule has 1 aliphatic rings. The summed E-state index contributed by atoms with van der Waals surface area (Å²) in [6.45, 7) is 1.90. The Morgan fingerprint density at radius 3 is 2.85 bits per heavy atom. The monoisotopic (exact) mass is 178 g/mol. The van der Waals surface area contributed by atoms with Gasteiger partial charge >= 0.3 is 0 Å². The summed E-state index contributed by atoms with van der Waals surface area (Å²) in [5.74, 6) is -0.0572. The zero-order chi connectivity index (χ0) is 9.42. The number of hydrogen-bond donors (Lipinski definition) is 1. The predicted molar refractivity (Wildman–Crippen MR) is 47.2 cm³/mol. The zero-order valence-electron chi connectivity index (χ0n) is 7.53. The molecule has 5 heteroatoms. The third kappa shape index (κ3) is 1.32. The summed E-state index contributed by atoms with van der Waals surface area (Å²) in [4.78, 5) is 10.9. The van der Waals surface area contributed by atoms with Crippen LogP contribution in [-0.2, 0) is 11.8 Å². The van der Waals surface area contributed by atoms with E-state index in [1.807, 2.05) is 20.2 Å². The van der Waals surface area contributed by atoms with Crippen LogP contribution in [0.4, 0.5) is 0 Å². The number of nitrogens with zero attached hydrogens (tertiary/aromatic N) is 3. The van der Waals surface area contributed by atoms with E-state index in [2.05, 4.69) is 15.6 Å². The molecule has 0 bridgehead atoms. The average molecular weight is 178 g/mol. The summed E-state index contributed by atoms with van der Waals surface area (Å²) in [5.41, 5.74) is 5.04. The van der Waals surface area contributed by atoms with Crippen LogP contribution in [0.3, 0.4) is 0 Å². The van der Waals surface area contributed by atoms with Crippen molar-refractivity contribution in [1.29, 1.82) is 0 Å². The fourth-order valence-corrected chi connectivity index (χ4v) is 1.40. The molecule has 0 aliphatic carbocycles. The molecule has 1 amide bonds. The van der Waals surface area contributed by atoms with Crippen molar-refractivity contribution in [3.8, 4) is 0 Å². The summed E-state index contributed by atoms with van der Waals surface area (Å²) in [6.07, 6.45) is 2.22. The Morgan fingerprint density at radius 1 is 1.62 bits per heavy atom. The van der Waals surface area contributed by atoms with E-state index in [9.17, 15) is 4.79 Å². The summed E-state index contributed by atoms with van der Waals surface area (Å²) in [7, 11) is 1.85. The Balaban J connectivity index is 2.36. The summed E-state index contributed by atoms with van der Waals surface area (Å²) < 4.78 is 1.72. The van der Waals surface area contributed by atoms with Crippen LogP contribution in [0.1, 0.15) is 17.7 Å². The fraction of sp³-hybridized carbons (Fsp3) is 0.375. The molecule has 0 unspecified atom stereocenters. The quantitative estimate of drug-likeness (QED) is 0.655. The van der Waals surface area contributed by atoms with E-state index < -0.39 is 0 Å². The molecule has 68 valence electrons. The van der Waals surface area contributed by atoms with Gasteiger partial charge in [0, 0.05) is 18.8 Å². The van der Waals surface area contributed by atoms with Gasteiger partial charge in [0.1, 0.15) is 0 Å². The molecule has 1 aromatic rings. The van der Waals surface area contributed by atoms with Gasteiger partial charge in [0.05, 0.1) is 17.8 Å². The lowest BCUT2D eigenvalue weighted by Crippen LogP contribution is -2.09. The first kappa shape index (κ1) is 7.97. The van der Waals surface area contributed by atoms with Crippen LogP contribution in [0.2, 0.25) is 0 Å². The number of nitrogens with one attached hydrogen (secondary N) is 1. The first-order valence-corrected chi connectivity index (χ1v) is 4.03. The maximum absolute atomic E-state index is 10.9. The standard InChI is InChI=1S/C8H10N4O/c1-5-6(4-12(2)11-5)7-3-8(13)10-9-7/h4H,3H2,1-2H3,(H,10,13). The number of hydrazone groups is 1. The molecule has 0 saturated carbocycles. The third-order valence-corrected chi connectivity index (χ3v) is 1.97. The van der Waals surface area contributed by atoms with Crippen molar-refractivity contribution in [2.75, 3.05) is 0 Å². The zero-order valence-corrected chi connectivity index (χ0v) is 7.53. The molecule has 2 heterocycles. The van der Waals surface area contributed by atoms with Gasteiger partial charge in [-0.15, -0.1) is 0 Å². The van der Waals surface area contributed by atoms with Crippen LogP contribution in [0, 0.1) is 6.92 Å². The molecule has 0 atom stereocenters. The minimum absolute atomic E-state index is 0.0572. The molecule has 1 aliphatic heterocycles. The van der Waals surface area contributed by atoms with E-state index >= 15 is 0 Å². The summed E-state index contributed by atoms with van der Waals surface area (Å²) >= 11 is 0. The van der Waals surface area contributed by atoms with Crippen LogP contribution in [-0.4, -0.2) is 21.4 Å². The molecule has 0 spiro atoms. The average Bonchev–Trinajstić information content (AvgIpc) is 2.58. The Bertz CT molecular complexity index is 391. The Kier molecular flexibility index (Phi) is 1.65. The Labute approximate surface area is 75.4 Å². The lowest BCUT2D eigenvalue weighted by atomic mass is 10.1. The highest BCUT2D eigenvalue weighted by atomic mass is 16.2. The normalized spacial score (nSPS) is 15.8. The van der Waals surface area contributed by atoms with Crippen molar-refractivity contribution in [2.24, 2.45) is 12.1 Å². The van der Waals surface area contributed by atoms with E-state index in [0.29, 0.717) is 6.42 Å². The van der Waals surface area contributed by atoms with Crippen LogP contribution < -0.4 is 5.43 Å². The van der Waals surface area contributed by atoms with Gasteiger partial charge in [0.25, 0.3) is 0 Å². The first-order chi connectivity index (χ1) is 6.16. The Morgan fingerprint density at radius 2 is 2.38 bits per heavy atom. The molecule has 5 nitrogen and oxygen atoms in total. The first-order valence-electron chi connectivity index (χ1n) is 4.03.